The van der Waals surface area contributed by atoms with Crippen LogP contribution in [0.4, 0.5) is 11.4 Å². The fourth-order valence-corrected chi connectivity index (χ4v) is 3.86. The maximum Gasteiger partial charge on any atom is 0.238 e. The minimum Gasteiger partial charge on any atom is -0.369 e. The molecule has 1 saturated heterocycles. The molecule has 1 fully saturated rings. The van der Waals surface area contributed by atoms with Crippen LogP contribution >= 0.6 is 0 Å². The molecule has 1 N–H and O–H groups in total. The van der Waals surface area contributed by atoms with Crippen molar-refractivity contribution in [3.63, 3.8) is 0 Å². The van der Waals surface area contributed by atoms with Crippen molar-refractivity contribution in [3.8, 4) is 0 Å². The first-order chi connectivity index (χ1) is 13.3. The second-order valence-corrected chi connectivity index (χ2v) is 8.83. The molecule has 0 radical (unpaired) electrons. The normalized spacial score (nSPS) is 15.5. The van der Waals surface area contributed by atoms with Gasteiger partial charge in [0, 0.05) is 37.6 Å². The molecule has 1 aliphatic rings. The van der Waals surface area contributed by atoms with E-state index in [4.69, 9.17) is 0 Å². The van der Waals surface area contributed by atoms with Gasteiger partial charge < -0.3 is 10.2 Å². The van der Waals surface area contributed by atoms with E-state index in [-0.39, 0.29) is 11.3 Å². The first-order valence-electron chi connectivity index (χ1n) is 10.2. The summed E-state index contributed by atoms with van der Waals surface area (Å²) in [6.07, 6.45) is 0. The van der Waals surface area contributed by atoms with E-state index < -0.39 is 0 Å². The van der Waals surface area contributed by atoms with Crippen LogP contribution in [0.3, 0.4) is 0 Å². The number of amides is 1. The maximum absolute atomic E-state index is 12.6. The van der Waals surface area contributed by atoms with Gasteiger partial charge in [-0.25, -0.2) is 0 Å². The number of benzene rings is 2. The minimum atomic E-state index is 0.00116. The number of anilines is 2. The van der Waals surface area contributed by atoms with Crippen LogP contribution in [0.25, 0.3) is 0 Å². The Morgan fingerprint density at radius 3 is 2.32 bits per heavy atom. The lowest BCUT2D eigenvalue weighted by Gasteiger charge is -2.36. The molecule has 0 spiro atoms. The summed E-state index contributed by atoms with van der Waals surface area (Å²) in [5.41, 5.74) is 6.10. The smallest absolute Gasteiger partial charge is 0.238 e. The average molecular weight is 380 g/mol. The number of carbonyl (C=O) groups is 1. The molecule has 1 heterocycles. The van der Waals surface area contributed by atoms with Crippen LogP contribution in [0.5, 0.6) is 0 Å². The molecule has 0 saturated carbocycles. The Hall–Kier alpha value is -2.33. The molecule has 4 nitrogen and oxygen atoms in total. The summed E-state index contributed by atoms with van der Waals surface area (Å²) < 4.78 is 0. The van der Waals surface area contributed by atoms with Gasteiger partial charge in [0.25, 0.3) is 0 Å². The molecule has 0 unspecified atom stereocenters. The topological polar surface area (TPSA) is 35.6 Å². The molecule has 1 amide bonds. The van der Waals surface area contributed by atoms with Crippen molar-refractivity contribution in [1.82, 2.24) is 4.90 Å². The van der Waals surface area contributed by atoms with Gasteiger partial charge in [-0.1, -0.05) is 51.1 Å². The number of carbonyl (C=O) groups excluding carboxylic acids is 1. The molecule has 4 heteroatoms. The highest BCUT2D eigenvalue weighted by molar-refractivity contribution is 5.93. The van der Waals surface area contributed by atoms with Gasteiger partial charge in [-0.3, -0.25) is 9.69 Å². The lowest BCUT2D eigenvalue weighted by atomic mass is 9.86. The van der Waals surface area contributed by atoms with Gasteiger partial charge in [-0.05, 0) is 48.1 Å². The maximum atomic E-state index is 12.6. The number of nitrogens with one attached hydrogen (secondary N) is 1. The zero-order chi connectivity index (χ0) is 20.3. The van der Waals surface area contributed by atoms with Crippen molar-refractivity contribution >= 4 is 17.3 Å². The largest absolute Gasteiger partial charge is 0.369 e. The Bertz CT molecular complexity index is 830. The molecular formula is C24H33N3O. The third-order valence-electron chi connectivity index (χ3n) is 5.67. The molecule has 1 aliphatic heterocycles. The lowest BCUT2D eigenvalue weighted by Crippen LogP contribution is -2.49. The van der Waals surface area contributed by atoms with Gasteiger partial charge >= 0.3 is 0 Å². The summed E-state index contributed by atoms with van der Waals surface area (Å²) in [4.78, 5) is 17.3. The van der Waals surface area contributed by atoms with Crippen molar-refractivity contribution in [2.45, 2.75) is 40.0 Å². The van der Waals surface area contributed by atoms with Crippen LogP contribution in [0.2, 0.25) is 0 Å². The number of hydrogen-bond donors (Lipinski definition) is 1. The van der Waals surface area contributed by atoms with Crippen molar-refractivity contribution in [2.75, 3.05) is 42.9 Å². The molecule has 2 aromatic carbocycles. The van der Waals surface area contributed by atoms with Crippen LogP contribution < -0.4 is 10.2 Å². The predicted octanol–water partition coefficient (Wildman–Crippen LogP) is 4.36. The van der Waals surface area contributed by atoms with Gasteiger partial charge in [-0.15, -0.1) is 0 Å². The SMILES string of the molecule is Cc1cccc(N2CCN(CC(=O)Nc3ccccc3C(C)(C)C)CC2)c1C. The molecule has 3 rings (SSSR count). The molecule has 0 aliphatic carbocycles. The zero-order valence-corrected chi connectivity index (χ0v) is 17.9. The number of hydrogen-bond acceptors (Lipinski definition) is 3. The van der Waals surface area contributed by atoms with Crippen LogP contribution in [-0.2, 0) is 10.2 Å². The summed E-state index contributed by atoms with van der Waals surface area (Å²) in [6, 6.07) is 14.6. The minimum absolute atomic E-state index is 0.00116. The second kappa shape index (κ2) is 8.36. The van der Waals surface area contributed by atoms with Gasteiger partial charge in [-0.2, -0.15) is 0 Å². The monoisotopic (exact) mass is 379 g/mol. The van der Waals surface area contributed by atoms with E-state index in [0.717, 1.165) is 31.9 Å². The van der Waals surface area contributed by atoms with E-state index in [0.29, 0.717) is 6.54 Å². The molecule has 0 atom stereocenters. The quantitative estimate of drug-likeness (QED) is 0.857. The fraction of sp³-hybridized carbons (Fsp3) is 0.458. The highest BCUT2D eigenvalue weighted by Gasteiger charge is 2.22. The first kappa shape index (κ1) is 20.4. The molecule has 150 valence electrons. The number of nitrogens with zero attached hydrogens (tertiary/aromatic N) is 2. The molecule has 2 aromatic rings. The zero-order valence-electron chi connectivity index (χ0n) is 17.9. The number of para-hydroxylation sites is 1. The number of aryl methyl sites for hydroxylation is 1. The van der Waals surface area contributed by atoms with Gasteiger partial charge in [0.15, 0.2) is 0 Å². The lowest BCUT2D eigenvalue weighted by molar-refractivity contribution is -0.117. The van der Waals surface area contributed by atoms with Crippen LogP contribution in [0.1, 0.15) is 37.5 Å². The van der Waals surface area contributed by atoms with E-state index in [1.54, 1.807) is 0 Å². The summed E-state index contributed by atoms with van der Waals surface area (Å²) in [7, 11) is 0. The van der Waals surface area contributed by atoms with Crippen LogP contribution in [0, 0.1) is 13.8 Å². The summed E-state index contributed by atoms with van der Waals surface area (Å²) in [6.45, 7) is 15.0. The second-order valence-electron chi connectivity index (χ2n) is 8.83. The Morgan fingerprint density at radius 1 is 0.964 bits per heavy atom. The Morgan fingerprint density at radius 2 is 1.64 bits per heavy atom. The molecule has 0 bridgehead atoms. The van der Waals surface area contributed by atoms with Crippen molar-refractivity contribution in [2.24, 2.45) is 0 Å². The van der Waals surface area contributed by atoms with Crippen molar-refractivity contribution in [1.29, 1.82) is 0 Å². The molecular weight excluding hydrogens is 346 g/mol. The van der Waals surface area contributed by atoms with Gasteiger partial charge in [0.05, 0.1) is 6.54 Å². The summed E-state index contributed by atoms with van der Waals surface area (Å²) in [5.74, 6) is 0.0666. The van der Waals surface area contributed by atoms with E-state index in [9.17, 15) is 4.79 Å². The molecule has 28 heavy (non-hydrogen) atoms. The number of rotatable bonds is 4. The third kappa shape index (κ3) is 4.74. The van der Waals surface area contributed by atoms with Gasteiger partial charge in [0.2, 0.25) is 5.91 Å². The standard InChI is InChI=1S/C24H33N3O/c1-18-9-8-12-22(19(18)2)27-15-13-26(14-16-27)17-23(28)25-21-11-7-6-10-20(21)24(3,4)5/h6-12H,13-17H2,1-5H3,(H,25,28). The van der Waals surface area contributed by atoms with Crippen LogP contribution in [-0.4, -0.2) is 43.5 Å². The fourth-order valence-electron chi connectivity index (χ4n) is 3.86. The predicted molar refractivity (Wildman–Crippen MR) is 118 cm³/mol. The highest BCUT2D eigenvalue weighted by Crippen LogP contribution is 2.29. The Labute approximate surface area is 169 Å². The third-order valence-corrected chi connectivity index (χ3v) is 5.67. The van der Waals surface area contributed by atoms with E-state index in [1.807, 2.05) is 18.2 Å². The van der Waals surface area contributed by atoms with E-state index >= 15 is 0 Å². The Balaban J connectivity index is 1.57. The Kier molecular flexibility index (Phi) is 6.09. The first-order valence-corrected chi connectivity index (χ1v) is 10.2. The van der Waals surface area contributed by atoms with Crippen LogP contribution in [0.15, 0.2) is 42.5 Å². The summed E-state index contributed by atoms with van der Waals surface area (Å²) in [5, 5.41) is 3.13. The summed E-state index contributed by atoms with van der Waals surface area (Å²) >= 11 is 0. The van der Waals surface area contributed by atoms with E-state index in [1.165, 1.54) is 22.4 Å². The highest BCUT2D eigenvalue weighted by atomic mass is 16.2. The average Bonchev–Trinajstić information content (AvgIpc) is 2.64. The molecule has 0 aromatic heterocycles. The van der Waals surface area contributed by atoms with Crippen molar-refractivity contribution in [3.05, 3.63) is 59.2 Å². The van der Waals surface area contributed by atoms with E-state index in [2.05, 4.69) is 74.0 Å². The number of piperazine rings is 1. The van der Waals surface area contributed by atoms with Gasteiger partial charge in [0.1, 0.15) is 0 Å². The van der Waals surface area contributed by atoms with Crippen molar-refractivity contribution < 1.29 is 4.79 Å².